The van der Waals surface area contributed by atoms with E-state index in [2.05, 4.69) is 9.88 Å². The van der Waals surface area contributed by atoms with Crippen molar-refractivity contribution in [2.45, 2.75) is 25.7 Å². The average Bonchev–Trinajstić information content (AvgIpc) is 3.47. The summed E-state index contributed by atoms with van der Waals surface area (Å²) in [4.78, 5) is 19.4. The number of Topliss-reactive ketones (excluding diaryl/α,β-unsaturated/α-hetero) is 1. The normalized spacial score (nSPS) is 13.8. The van der Waals surface area contributed by atoms with Gasteiger partial charge in [-0.15, -0.1) is 11.3 Å². The summed E-state index contributed by atoms with van der Waals surface area (Å²) in [6.45, 7) is 1.92. The van der Waals surface area contributed by atoms with Gasteiger partial charge in [0.25, 0.3) is 0 Å². The number of ketones is 1. The minimum atomic E-state index is 0.0430. The van der Waals surface area contributed by atoms with Gasteiger partial charge in [0.2, 0.25) is 0 Å². The number of halogens is 1. The second-order valence-corrected chi connectivity index (χ2v) is 8.49. The number of hydrogen-bond donors (Lipinski definition) is 1. The van der Waals surface area contributed by atoms with Crippen molar-refractivity contribution >= 4 is 34.6 Å². The lowest BCUT2D eigenvalue weighted by molar-refractivity contribution is 0.0984. The van der Waals surface area contributed by atoms with Gasteiger partial charge < -0.3 is 9.32 Å². The summed E-state index contributed by atoms with van der Waals surface area (Å²) >= 11 is 7.17. The molecule has 3 heterocycles. The Morgan fingerprint density at radius 3 is 2.61 bits per heavy atom. The SMILES string of the molecule is N=C(c1ccc(-c2coc(CCC(=O)c3ccc(Cl)s3)n2)cc1)N1CCCC1. The highest BCUT2D eigenvalue weighted by Gasteiger charge is 2.17. The highest BCUT2D eigenvalue weighted by atomic mass is 35.5. The molecule has 1 aliphatic heterocycles. The molecule has 1 aliphatic rings. The van der Waals surface area contributed by atoms with E-state index in [4.69, 9.17) is 21.4 Å². The molecule has 0 aliphatic carbocycles. The number of thiophene rings is 1. The van der Waals surface area contributed by atoms with Crippen molar-refractivity contribution in [2.75, 3.05) is 13.1 Å². The molecular formula is C21H20ClN3O2S. The largest absolute Gasteiger partial charge is 0.448 e. The van der Waals surface area contributed by atoms with Crippen molar-refractivity contribution in [3.63, 3.8) is 0 Å². The predicted octanol–water partition coefficient (Wildman–Crippen LogP) is 5.29. The summed E-state index contributed by atoms with van der Waals surface area (Å²) in [5.41, 5.74) is 2.58. The topological polar surface area (TPSA) is 70.2 Å². The Morgan fingerprint density at radius 2 is 1.93 bits per heavy atom. The molecule has 0 bridgehead atoms. The zero-order valence-electron chi connectivity index (χ0n) is 15.3. The van der Waals surface area contributed by atoms with Crippen LogP contribution in [0, 0.1) is 5.41 Å². The van der Waals surface area contributed by atoms with Crippen molar-refractivity contribution in [2.24, 2.45) is 0 Å². The molecular weight excluding hydrogens is 394 g/mol. The lowest BCUT2D eigenvalue weighted by Gasteiger charge is -2.18. The van der Waals surface area contributed by atoms with E-state index in [0.29, 0.717) is 33.8 Å². The Balaban J connectivity index is 1.38. The molecule has 1 saturated heterocycles. The summed E-state index contributed by atoms with van der Waals surface area (Å²) in [7, 11) is 0. The first-order valence-corrected chi connectivity index (χ1v) is 10.5. The lowest BCUT2D eigenvalue weighted by atomic mass is 10.1. The molecule has 1 aromatic carbocycles. The number of carbonyl (C=O) groups is 1. The van der Waals surface area contributed by atoms with Crippen LogP contribution >= 0.6 is 22.9 Å². The van der Waals surface area contributed by atoms with Crippen LogP contribution in [0.3, 0.4) is 0 Å². The average molecular weight is 414 g/mol. The first-order valence-electron chi connectivity index (χ1n) is 9.27. The standard InChI is InChI=1S/C21H20ClN3O2S/c22-19-9-8-18(28-19)17(26)7-10-20-24-16(13-27-20)14-3-5-15(6-4-14)21(23)25-11-1-2-12-25/h3-6,8-9,13,23H,1-2,7,10-12H2. The molecule has 0 spiro atoms. The number of nitrogens with one attached hydrogen (secondary N) is 1. The smallest absolute Gasteiger partial charge is 0.195 e. The van der Waals surface area contributed by atoms with Gasteiger partial charge in [-0.25, -0.2) is 4.98 Å². The molecule has 28 heavy (non-hydrogen) atoms. The fraction of sp³-hybridized carbons (Fsp3) is 0.286. The van der Waals surface area contributed by atoms with Crippen molar-refractivity contribution < 1.29 is 9.21 Å². The number of likely N-dealkylation sites (tertiary alicyclic amines) is 1. The summed E-state index contributed by atoms with van der Waals surface area (Å²) < 4.78 is 6.15. The van der Waals surface area contributed by atoms with Gasteiger partial charge in [0.15, 0.2) is 11.7 Å². The summed E-state index contributed by atoms with van der Waals surface area (Å²) in [5, 5.41) is 8.33. The quantitative estimate of drug-likeness (QED) is 0.338. The van der Waals surface area contributed by atoms with Crippen LogP contribution in [0.4, 0.5) is 0 Å². The van der Waals surface area contributed by atoms with Gasteiger partial charge in [-0.2, -0.15) is 0 Å². The Hall–Kier alpha value is -2.44. The van der Waals surface area contributed by atoms with Gasteiger partial charge in [0.05, 0.1) is 9.21 Å². The number of carbonyl (C=O) groups excluding carboxylic acids is 1. The minimum Gasteiger partial charge on any atom is -0.448 e. The molecule has 0 saturated carbocycles. The number of benzene rings is 1. The number of hydrogen-bond acceptors (Lipinski definition) is 5. The zero-order chi connectivity index (χ0) is 19.5. The molecule has 4 rings (SSSR count). The van der Waals surface area contributed by atoms with Gasteiger partial charge in [0, 0.05) is 37.1 Å². The van der Waals surface area contributed by atoms with Crippen LogP contribution in [-0.2, 0) is 6.42 Å². The van der Waals surface area contributed by atoms with Crippen molar-refractivity contribution in [3.8, 4) is 11.3 Å². The Morgan fingerprint density at radius 1 is 1.18 bits per heavy atom. The Labute approximate surface area is 172 Å². The summed E-state index contributed by atoms with van der Waals surface area (Å²) in [6.07, 6.45) is 4.71. The molecule has 3 aromatic rings. The molecule has 1 fully saturated rings. The van der Waals surface area contributed by atoms with E-state index >= 15 is 0 Å². The number of oxazole rings is 1. The maximum absolute atomic E-state index is 12.2. The van der Waals surface area contributed by atoms with Gasteiger partial charge in [-0.05, 0) is 25.0 Å². The van der Waals surface area contributed by atoms with E-state index in [1.54, 1.807) is 18.4 Å². The van der Waals surface area contributed by atoms with Gasteiger partial charge >= 0.3 is 0 Å². The van der Waals surface area contributed by atoms with Crippen LogP contribution in [0.25, 0.3) is 11.3 Å². The van der Waals surface area contributed by atoms with Crippen LogP contribution in [0.2, 0.25) is 4.34 Å². The third-order valence-corrected chi connectivity index (χ3v) is 6.11. The first-order chi connectivity index (χ1) is 13.6. The second-order valence-electron chi connectivity index (χ2n) is 6.77. The Kier molecular flexibility index (Phi) is 5.59. The molecule has 2 aromatic heterocycles. The van der Waals surface area contributed by atoms with Gasteiger partial charge in [-0.3, -0.25) is 10.2 Å². The lowest BCUT2D eigenvalue weighted by Crippen LogP contribution is -2.27. The monoisotopic (exact) mass is 413 g/mol. The minimum absolute atomic E-state index is 0.0430. The van der Waals surface area contributed by atoms with E-state index < -0.39 is 0 Å². The number of aryl methyl sites for hydroxylation is 1. The third kappa shape index (κ3) is 4.18. The predicted molar refractivity (Wildman–Crippen MR) is 112 cm³/mol. The first kappa shape index (κ1) is 18.9. The highest BCUT2D eigenvalue weighted by molar-refractivity contribution is 7.18. The zero-order valence-corrected chi connectivity index (χ0v) is 16.9. The van der Waals surface area contributed by atoms with Gasteiger partial charge in [0.1, 0.15) is 17.8 Å². The number of nitrogens with zero attached hydrogens (tertiary/aromatic N) is 2. The summed E-state index contributed by atoms with van der Waals surface area (Å²) in [6, 6.07) is 11.3. The molecule has 0 atom stereocenters. The Bertz CT molecular complexity index is 987. The van der Waals surface area contributed by atoms with E-state index in [-0.39, 0.29) is 5.78 Å². The van der Waals surface area contributed by atoms with Crippen molar-refractivity contribution in [1.82, 2.24) is 9.88 Å². The van der Waals surface area contributed by atoms with E-state index in [0.717, 1.165) is 42.8 Å². The van der Waals surface area contributed by atoms with Crippen molar-refractivity contribution in [1.29, 1.82) is 5.41 Å². The molecule has 144 valence electrons. The van der Waals surface area contributed by atoms with E-state index in [9.17, 15) is 4.79 Å². The number of rotatable bonds is 6. The molecule has 0 radical (unpaired) electrons. The fourth-order valence-electron chi connectivity index (χ4n) is 3.29. The molecule has 0 amide bonds. The van der Waals surface area contributed by atoms with E-state index in [1.807, 2.05) is 24.3 Å². The molecule has 7 heteroatoms. The van der Waals surface area contributed by atoms with Crippen LogP contribution in [0.5, 0.6) is 0 Å². The van der Waals surface area contributed by atoms with Crippen LogP contribution in [-0.4, -0.2) is 34.6 Å². The maximum Gasteiger partial charge on any atom is 0.195 e. The second kappa shape index (κ2) is 8.29. The number of aromatic nitrogens is 1. The fourth-order valence-corrected chi connectivity index (χ4v) is 4.30. The maximum atomic E-state index is 12.2. The van der Waals surface area contributed by atoms with Crippen LogP contribution < -0.4 is 0 Å². The molecule has 5 nitrogen and oxygen atoms in total. The van der Waals surface area contributed by atoms with E-state index in [1.165, 1.54) is 11.3 Å². The molecule has 0 unspecified atom stereocenters. The van der Waals surface area contributed by atoms with Gasteiger partial charge in [-0.1, -0.05) is 35.9 Å². The van der Waals surface area contributed by atoms with Crippen molar-refractivity contribution in [3.05, 3.63) is 63.3 Å². The molecule has 1 N–H and O–H groups in total. The summed E-state index contributed by atoms with van der Waals surface area (Å²) in [5.74, 6) is 1.17. The highest BCUT2D eigenvalue weighted by Crippen LogP contribution is 2.24. The number of amidine groups is 1. The van der Waals surface area contributed by atoms with Crippen LogP contribution in [0.1, 0.15) is 40.4 Å². The van der Waals surface area contributed by atoms with Crippen LogP contribution in [0.15, 0.2) is 47.1 Å². The third-order valence-electron chi connectivity index (χ3n) is 4.84.